The monoisotopic (exact) mass is 300 g/mol. The number of alkyl halides is 5. The number of halogens is 6. The molecule has 0 unspecified atom stereocenters. The summed E-state index contributed by atoms with van der Waals surface area (Å²) in [6.45, 7) is 0. The molecule has 0 aliphatic carbocycles. The minimum Gasteiger partial charge on any atom is -0.361 e. The molecule has 0 amide bonds. The molecule has 0 spiro atoms. The van der Waals surface area contributed by atoms with E-state index in [0.717, 1.165) is 6.07 Å². The molecule has 0 bridgehead atoms. The average molecular weight is 301 g/mol. The van der Waals surface area contributed by atoms with E-state index in [9.17, 15) is 22.0 Å². The Morgan fingerprint density at radius 3 is 2.26 bits per heavy atom. The summed E-state index contributed by atoms with van der Waals surface area (Å²) >= 11 is 0. The molecule has 2 rings (SSSR count). The maximum atomic E-state index is 13.1. The van der Waals surface area contributed by atoms with Crippen LogP contribution in [-0.4, -0.2) is 17.1 Å². The van der Waals surface area contributed by atoms with Gasteiger partial charge in [-0.05, 0) is 29.1 Å². The Morgan fingerprint density at radius 2 is 1.68 bits per heavy atom. The maximum absolute atomic E-state index is 13.1. The van der Waals surface area contributed by atoms with Crippen molar-refractivity contribution in [2.24, 2.45) is 5.73 Å². The Kier molecular flexibility index (Phi) is 4.11. The normalized spacial score (nSPS) is 14.2. The molecule has 0 saturated carbocycles. The summed E-state index contributed by atoms with van der Waals surface area (Å²) in [4.78, 5) is 2.80. The van der Waals surface area contributed by atoms with E-state index >= 15 is 0 Å². The molecule has 0 radical (unpaired) electrons. The Balaban J connectivity index is 0.00000180. The van der Waals surface area contributed by atoms with Gasteiger partial charge in [-0.1, -0.05) is 6.07 Å². The molecule has 8 heteroatoms. The molecule has 3 N–H and O–H groups in total. The van der Waals surface area contributed by atoms with Crippen molar-refractivity contribution in [3.05, 3.63) is 36.0 Å². The first-order chi connectivity index (χ1) is 8.23. The topological polar surface area (TPSA) is 41.8 Å². The molecular formula is C11H10ClF5N2. The van der Waals surface area contributed by atoms with Crippen LogP contribution in [0.2, 0.25) is 0 Å². The fourth-order valence-corrected chi connectivity index (χ4v) is 1.65. The highest BCUT2D eigenvalue weighted by Gasteiger charge is 2.61. The van der Waals surface area contributed by atoms with Gasteiger partial charge in [0.05, 0.1) is 0 Å². The third-order valence-corrected chi connectivity index (χ3v) is 2.71. The number of rotatable bonds is 2. The lowest BCUT2D eigenvalue weighted by Gasteiger charge is -2.25. The molecule has 1 atom stereocenters. The lowest BCUT2D eigenvalue weighted by molar-refractivity contribution is -0.290. The minimum atomic E-state index is -5.67. The van der Waals surface area contributed by atoms with Gasteiger partial charge in [-0.15, -0.1) is 12.4 Å². The van der Waals surface area contributed by atoms with Gasteiger partial charge < -0.3 is 10.7 Å². The Hall–Kier alpha value is -1.34. The van der Waals surface area contributed by atoms with E-state index in [1.807, 2.05) is 0 Å². The van der Waals surface area contributed by atoms with Gasteiger partial charge in [0.25, 0.3) is 0 Å². The maximum Gasteiger partial charge on any atom is 0.455 e. The lowest BCUT2D eigenvalue weighted by Crippen LogP contribution is -2.45. The zero-order valence-electron chi connectivity index (χ0n) is 9.34. The Labute approximate surface area is 111 Å². The van der Waals surface area contributed by atoms with E-state index in [2.05, 4.69) is 4.98 Å². The first-order valence-electron chi connectivity index (χ1n) is 5.00. The van der Waals surface area contributed by atoms with E-state index in [0.29, 0.717) is 10.9 Å². The summed E-state index contributed by atoms with van der Waals surface area (Å²) < 4.78 is 62.7. The number of nitrogens with one attached hydrogen (secondary N) is 1. The zero-order chi connectivity index (χ0) is 13.6. The highest BCUT2D eigenvalue weighted by molar-refractivity contribution is 5.85. The molecule has 1 aromatic carbocycles. The molecule has 0 aliphatic rings. The predicted molar refractivity (Wildman–Crippen MR) is 63.5 cm³/mol. The van der Waals surface area contributed by atoms with Crippen molar-refractivity contribution >= 4 is 23.3 Å². The van der Waals surface area contributed by atoms with Gasteiger partial charge in [-0.3, -0.25) is 0 Å². The quantitative estimate of drug-likeness (QED) is 0.814. The first kappa shape index (κ1) is 15.7. The molecule has 0 saturated heterocycles. The van der Waals surface area contributed by atoms with Crippen LogP contribution >= 0.6 is 12.4 Å². The van der Waals surface area contributed by atoms with E-state index < -0.39 is 18.1 Å². The average Bonchev–Trinajstić information content (AvgIpc) is 2.73. The largest absolute Gasteiger partial charge is 0.455 e. The molecular weight excluding hydrogens is 291 g/mol. The van der Waals surface area contributed by atoms with Crippen LogP contribution in [0.1, 0.15) is 11.6 Å². The fraction of sp³-hybridized carbons (Fsp3) is 0.273. The second kappa shape index (κ2) is 4.97. The smallest absolute Gasteiger partial charge is 0.361 e. The van der Waals surface area contributed by atoms with E-state index in [1.165, 1.54) is 12.1 Å². The van der Waals surface area contributed by atoms with Crippen LogP contribution in [0.15, 0.2) is 30.5 Å². The number of fused-ring (bicyclic) bond motifs is 1. The summed E-state index contributed by atoms with van der Waals surface area (Å²) in [5, 5.41) is 0.529. The molecule has 19 heavy (non-hydrogen) atoms. The van der Waals surface area contributed by atoms with Crippen LogP contribution in [0, 0.1) is 0 Å². The van der Waals surface area contributed by atoms with Crippen molar-refractivity contribution in [1.82, 2.24) is 4.98 Å². The zero-order valence-corrected chi connectivity index (χ0v) is 10.2. The molecule has 0 aliphatic heterocycles. The van der Waals surface area contributed by atoms with Gasteiger partial charge in [0, 0.05) is 11.7 Å². The second-order valence-corrected chi connectivity index (χ2v) is 3.92. The van der Waals surface area contributed by atoms with Gasteiger partial charge in [0.2, 0.25) is 0 Å². The van der Waals surface area contributed by atoms with Crippen LogP contribution in [-0.2, 0) is 0 Å². The Bertz CT molecular complexity index is 563. The number of hydrogen-bond donors (Lipinski definition) is 2. The molecule has 106 valence electrons. The third kappa shape index (κ3) is 2.66. The summed E-state index contributed by atoms with van der Waals surface area (Å²) in [6.07, 6.45) is -4.11. The fourth-order valence-electron chi connectivity index (χ4n) is 1.65. The number of nitrogens with two attached hydrogens (primary N) is 1. The second-order valence-electron chi connectivity index (χ2n) is 3.92. The first-order valence-corrected chi connectivity index (χ1v) is 5.00. The minimum absolute atomic E-state index is 0. The van der Waals surface area contributed by atoms with E-state index in [-0.39, 0.29) is 18.0 Å². The molecule has 0 fully saturated rings. The molecule has 2 aromatic rings. The summed E-state index contributed by atoms with van der Waals surface area (Å²) in [5.41, 5.74) is 5.42. The number of benzene rings is 1. The number of H-pyrrole nitrogens is 1. The highest BCUT2D eigenvalue weighted by Crippen LogP contribution is 2.43. The van der Waals surface area contributed by atoms with E-state index in [4.69, 9.17) is 5.73 Å². The molecule has 1 aromatic heterocycles. The lowest BCUT2D eigenvalue weighted by atomic mass is 10.00. The SMILES string of the molecule is Cl.N[C@@H](c1ccc2[nH]ccc2c1)C(F)(F)C(F)(F)F. The number of aromatic nitrogens is 1. The van der Waals surface area contributed by atoms with Crippen molar-refractivity contribution in [3.63, 3.8) is 0 Å². The van der Waals surface area contributed by atoms with Crippen LogP contribution in [0.25, 0.3) is 10.9 Å². The molecule has 2 nitrogen and oxygen atoms in total. The summed E-state index contributed by atoms with van der Waals surface area (Å²) in [6, 6.07) is 2.94. The van der Waals surface area contributed by atoms with E-state index in [1.54, 1.807) is 12.3 Å². The van der Waals surface area contributed by atoms with Crippen molar-refractivity contribution in [1.29, 1.82) is 0 Å². The van der Waals surface area contributed by atoms with Gasteiger partial charge in [-0.25, -0.2) is 0 Å². The summed E-state index contributed by atoms with van der Waals surface area (Å²) in [5.74, 6) is -4.96. The highest BCUT2D eigenvalue weighted by atomic mass is 35.5. The summed E-state index contributed by atoms with van der Waals surface area (Å²) in [7, 11) is 0. The van der Waals surface area contributed by atoms with Crippen molar-refractivity contribution in [3.8, 4) is 0 Å². The van der Waals surface area contributed by atoms with Crippen LogP contribution in [0.4, 0.5) is 22.0 Å². The van der Waals surface area contributed by atoms with Crippen molar-refractivity contribution in [2.45, 2.75) is 18.1 Å². The van der Waals surface area contributed by atoms with Crippen LogP contribution in [0.3, 0.4) is 0 Å². The van der Waals surface area contributed by atoms with Gasteiger partial charge >= 0.3 is 12.1 Å². The van der Waals surface area contributed by atoms with Gasteiger partial charge in [0.15, 0.2) is 0 Å². The Morgan fingerprint density at radius 1 is 1.05 bits per heavy atom. The van der Waals surface area contributed by atoms with Gasteiger partial charge in [0.1, 0.15) is 6.04 Å². The van der Waals surface area contributed by atoms with Crippen LogP contribution in [0.5, 0.6) is 0 Å². The number of hydrogen-bond acceptors (Lipinski definition) is 1. The van der Waals surface area contributed by atoms with Gasteiger partial charge in [-0.2, -0.15) is 22.0 Å². The molecule has 1 heterocycles. The third-order valence-electron chi connectivity index (χ3n) is 2.71. The van der Waals surface area contributed by atoms with Crippen molar-refractivity contribution < 1.29 is 22.0 Å². The standard InChI is InChI=1S/C11H9F5N2.ClH/c12-10(13,11(14,15)16)9(17)7-1-2-8-6(5-7)3-4-18-8;/h1-5,9,18H,17H2;1H/t9-;/m0./s1. The van der Waals surface area contributed by atoms with Crippen molar-refractivity contribution in [2.75, 3.05) is 0 Å². The number of aromatic amines is 1. The van der Waals surface area contributed by atoms with Crippen LogP contribution < -0.4 is 5.73 Å². The predicted octanol–water partition coefficient (Wildman–Crippen LogP) is 3.79.